The van der Waals surface area contributed by atoms with Gasteiger partial charge in [-0.1, -0.05) is 18.2 Å². The average Bonchev–Trinajstić information content (AvgIpc) is 3.30. The number of fused-ring (bicyclic) bond motifs is 1. The molecule has 0 spiro atoms. The number of rotatable bonds is 10. The summed E-state index contributed by atoms with van der Waals surface area (Å²) in [6.45, 7) is 2.28. The molecule has 0 saturated carbocycles. The lowest BCUT2D eigenvalue weighted by atomic mass is 10.2. The average molecular weight is 475 g/mol. The Balaban J connectivity index is 1.46. The fourth-order valence-electron chi connectivity index (χ4n) is 3.46. The van der Waals surface area contributed by atoms with Gasteiger partial charge in [0.05, 0.1) is 32.0 Å². The maximum atomic E-state index is 12.7. The molecule has 0 atom stereocenters. The second-order valence-electron chi connectivity index (χ2n) is 7.58. The molecule has 2 heterocycles. The normalized spacial score (nSPS) is 10.7. The highest BCUT2D eigenvalue weighted by atomic mass is 16.5. The van der Waals surface area contributed by atoms with E-state index in [1.807, 2.05) is 30.3 Å². The molecule has 0 unspecified atom stereocenters. The Kier molecular flexibility index (Phi) is 7.57. The summed E-state index contributed by atoms with van der Waals surface area (Å²) in [6.07, 6.45) is 2.04. The molecule has 2 aromatic carbocycles. The molecule has 9 heteroatoms. The van der Waals surface area contributed by atoms with E-state index in [9.17, 15) is 9.59 Å². The maximum Gasteiger partial charge on any atom is 0.343 e. The lowest BCUT2D eigenvalue weighted by Crippen LogP contribution is -2.18. The van der Waals surface area contributed by atoms with Gasteiger partial charge in [-0.2, -0.15) is 9.78 Å². The van der Waals surface area contributed by atoms with Crippen LogP contribution in [0.25, 0.3) is 16.7 Å². The first-order chi connectivity index (χ1) is 17.1. The summed E-state index contributed by atoms with van der Waals surface area (Å²) >= 11 is 0. The molecule has 0 aliphatic carbocycles. The lowest BCUT2D eigenvalue weighted by molar-refractivity contribution is -0.116. The summed E-state index contributed by atoms with van der Waals surface area (Å²) < 4.78 is 17.4. The van der Waals surface area contributed by atoms with Gasteiger partial charge in [-0.05, 0) is 55.8 Å². The number of hydrogen-bond donors (Lipinski definition) is 1. The number of pyridine rings is 1. The summed E-state index contributed by atoms with van der Waals surface area (Å²) in [7, 11) is 1.60. The number of para-hydroxylation sites is 1. The zero-order chi connectivity index (χ0) is 24.6. The molecule has 0 radical (unpaired) electrons. The number of carbonyl (C=O) groups excluding carboxylic acids is 2. The van der Waals surface area contributed by atoms with Crippen LogP contribution in [0.15, 0.2) is 66.9 Å². The van der Waals surface area contributed by atoms with Crippen molar-refractivity contribution in [3.8, 4) is 17.3 Å². The van der Waals surface area contributed by atoms with Crippen LogP contribution in [0.5, 0.6) is 11.5 Å². The van der Waals surface area contributed by atoms with Crippen LogP contribution in [0, 0.1) is 0 Å². The SMILES string of the molecule is CCOC(=O)c1cnn(-c2ccc3ccccc3n2)c1NC(=O)CCCOc1ccc(OC)cc1. The number of anilines is 1. The fourth-order valence-corrected chi connectivity index (χ4v) is 3.46. The van der Waals surface area contributed by atoms with E-state index in [1.54, 1.807) is 44.4 Å². The van der Waals surface area contributed by atoms with Crippen LogP contribution in [-0.2, 0) is 9.53 Å². The number of hydrogen-bond acceptors (Lipinski definition) is 7. The van der Waals surface area contributed by atoms with Gasteiger partial charge in [-0.25, -0.2) is 9.78 Å². The van der Waals surface area contributed by atoms with Crippen LogP contribution in [0.3, 0.4) is 0 Å². The lowest BCUT2D eigenvalue weighted by Gasteiger charge is -2.11. The van der Waals surface area contributed by atoms with E-state index in [0.717, 1.165) is 16.7 Å². The van der Waals surface area contributed by atoms with Crippen molar-refractivity contribution in [2.24, 2.45) is 0 Å². The fraction of sp³-hybridized carbons (Fsp3) is 0.231. The van der Waals surface area contributed by atoms with E-state index in [1.165, 1.54) is 10.9 Å². The molecule has 1 N–H and O–H groups in total. The van der Waals surface area contributed by atoms with Crippen LogP contribution in [0.4, 0.5) is 5.82 Å². The first kappa shape index (κ1) is 23.7. The number of carbonyl (C=O) groups is 2. The Bertz CT molecular complexity index is 1320. The first-order valence-corrected chi connectivity index (χ1v) is 11.3. The van der Waals surface area contributed by atoms with Crippen molar-refractivity contribution in [1.29, 1.82) is 0 Å². The molecule has 4 aromatic rings. The van der Waals surface area contributed by atoms with Gasteiger partial charge in [0.1, 0.15) is 17.1 Å². The van der Waals surface area contributed by atoms with Crippen LogP contribution in [0.1, 0.15) is 30.1 Å². The molecule has 35 heavy (non-hydrogen) atoms. The van der Waals surface area contributed by atoms with Gasteiger partial charge < -0.3 is 19.5 Å². The van der Waals surface area contributed by atoms with Crippen molar-refractivity contribution in [2.75, 3.05) is 25.6 Å². The Morgan fingerprint density at radius 2 is 1.77 bits per heavy atom. The molecule has 0 aliphatic heterocycles. The van der Waals surface area contributed by atoms with E-state index < -0.39 is 5.97 Å². The Hall–Kier alpha value is -4.40. The number of nitrogens with one attached hydrogen (secondary N) is 1. The number of nitrogens with zero attached hydrogens (tertiary/aromatic N) is 3. The van der Waals surface area contributed by atoms with E-state index in [0.29, 0.717) is 24.6 Å². The second kappa shape index (κ2) is 11.1. The second-order valence-corrected chi connectivity index (χ2v) is 7.58. The summed E-state index contributed by atoms with van der Waals surface area (Å²) in [6, 6.07) is 18.6. The van der Waals surface area contributed by atoms with E-state index in [2.05, 4.69) is 15.4 Å². The van der Waals surface area contributed by atoms with Crippen molar-refractivity contribution in [1.82, 2.24) is 14.8 Å². The molecule has 4 rings (SSSR count). The molecular formula is C26H26N4O5. The highest BCUT2D eigenvalue weighted by Gasteiger charge is 2.22. The number of methoxy groups -OCH3 is 1. The minimum Gasteiger partial charge on any atom is -0.497 e. The van der Waals surface area contributed by atoms with Gasteiger partial charge in [-0.15, -0.1) is 0 Å². The number of aromatic nitrogens is 3. The molecule has 0 bridgehead atoms. The minimum atomic E-state index is -0.572. The van der Waals surface area contributed by atoms with Gasteiger partial charge in [0.25, 0.3) is 0 Å². The topological polar surface area (TPSA) is 105 Å². The largest absolute Gasteiger partial charge is 0.497 e. The summed E-state index contributed by atoms with van der Waals surface area (Å²) in [5, 5.41) is 8.08. The molecule has 0 aliphatic rings. The van der Waals surface area contributed by atoms with Gasteiger partial charge in [0.15, 0.2) is 11.6 Å². The van der Waals surface area contributed by atoms with Crippen LogP contribution >= 0.6 is 0 Å². The number of amides is 1. The summed E-state index contributed by atoms with van der Waals surface area (Å²) in [4.78, 5) is 29.8. The molecule has 180 valence electrons. The Labute approximate surface area is 202 Å². The molecule has 0 saturated heterocycles. The third-order valence-corrected chi connectivity index (χ3v) is 5.20. The van der Waals surface area contributed by atoms with E-state index >= 15 is 0 Å². The van der Waals surface area contributed by atoms with Crippen LogP contribution in [-0.4, -0.2) is 47.0 Å². The maximum absolute atomic E-state index is 12.7. The summed E-state index contributed by atoms with van der Waals surface area (Å²) in [5.74, 6) is 1.27. The highest BCUT2D eigenvalue weighted by molar-refractivity contribution is 6.00. The minimum absolute atomic E-state index is 0.157. The smallest absolute Gasteiger partial charge is 0.343 e. The third-order valence-electron chi connectivity index (χ3n) is 5.20. The van der Waals surface area contributed by atoms with Crippen molar-refractivity contribution >= 4 is 28.6 Å². The predicted molar refractivity (Wildman–Crippen MR) is 131 cm³/mol. The highest BCUT2D eigenvalue weighted by Crippen LogP contribution is 2.23. The van der Waals surface area contributed by atoms with Crippen molar-refractivity contribution in [3.05, 3.63) is 72.4 Å². The van der Waals surface area contributed by atoms with Crippen LogP contribution < -0.4 is 14.8 Å². The summed E-state index contributed by atoms with van der Waals surface area (Å²) in [5.41, 5.74) is 0.927. The van der Waals surface area contributed by atoms with Crippen molar-refractivity contribution in [3.63, 3.8) is 0 Å². The molecule has 1 amide bonds. The third kappa shape index (κ3) is 5.75. The monoisotopic (exact) mass is 474 g/mol. The molecule has 2 aromatic heterocycles. The Morgan fingerprint density at radius 1 is 1.00 bits per heavy atom. The van der Waals surface area contributed by atoms with E-state index in [-0.39, 0.29) is 30.3 Å². The predicted octanol–water partition coefficient (Wildman–Crippen LogP) is 4.40. The Morgan fingerprint density at radius 3 is 2.54 bits per heavy atom. The van der Waals surface area contributed by atoms with Crippen LogP contribution in [0.2, 0.25) is 0 Å². The molecular weight excluding hydrogens is 448 g/mol. The van der Waals surface area contributed by atoms with E-state index in [4.69, 9.17) is 14.2 Å². The number of benzene rings is 2. The number of esters is 1. The van der Waals surface area contributed by atoms with Gasteiger partial charge in [0, 0.05) is 11.8 Å². The van der Waals surface area contributed by atoms with Gasteiger partial charge >= 0.3 is 5.97 Å². The zero-order valence-electron chi connectivity index (χ0n) is 19.6. The first-order valence-electron chi connectivity index (χ1n) is 11.3. The molecule has 0 fully saturated rings. The van der Waals surface area contributed by atoms with Gasteiger partial charge in [-0.3, -0.25) is 4.79 Å². The zero-order valence-corrected chi connectivity index (χ0v) is 19.6. The number of ether oxygens (including phenoxy) is 3. The van der Waals surface area contributed by atoms with Crippen molar-refractivity contribution < 1.29 is 23.8 Å². The van der Waals surface area contributed by atoms with Gasteiger partial charge in [0.2, 0.25) is 5.91 Å². The quantitative estimate of drug-likeness (QED) is 0.268. The molecule has 9 nitrogen and oxygen atoms in total. The standard InChI is InChI=1S/C26H26N4O5/c1-3-34-26(32)21-17-27-30(23-15-10-18-7-4-5-8-22(18)28-23)25(21)29-24(31)9-6-16-35-20-13-11-19(33-2)12-14-20/h4-5,7-8,10-15,17H,3,6,9,16H2,1-2H3,(H,29,31). The van der Waals surface area contributed by atoms with Crippen molar-refractivity contribution in [2.45, 2.75) is 19.8 Å².